The number of thiophene rings is 1. The summed E-state index contributed by atoms with van der Waals surface area (Å²) in [5.41, 5.74) is 8.88. The van der Waals surface area contributed by atoms with Gasteiger partial charge in [-0.1, -0.05) is 6.07 Å². The van der Waals surface area contributed by atoms with Crippen molar-refractivity contribution in [3.8, 4) is 11.5 Å². The molecule has 0 radical (unpaired) electrons. The first kappa shape index (κ1) is 23.1. The second kappa shape index (κ2) is 9.79. The van der Waals surface area contributed by atoms with Crippen molar-refractivity contribution in [1.82, 2.24) is 15.2 Å². The highest BCUT2D eigenvalue weighted by Crippen LogP contribution is 2.37. The molecule has 1 amide bonds. The summed E-state index contributed by atoms with van der Waals surface area (Å²) in [7, 11) is 0. The Balaban J connectivity index is 1.53. The van der Waals surface area contributed by atoms with Crippen LogP contribution in [0.15, 0.2) is 35.8 Å². The van der Waals surface area contributed by atoms with Gasteiger partial charge in [-0.15, -0.1) is 11.3 Å². The van der Waals surface area contributed by atoms with Crippen LogP contribution in [-0.2, 0) is 11.3 Å². The lowest BCUT2D eigenvalue weighted by molar-refractivity contribution is 0.102. The van der Waals surface area contributed by atoms with Crippen LogP contribution < -0.4 is 20.5 Å². The topological polar surface area (TPSA) is 141 Å². The predicted octanol–water partition coefficient (Wildman–Crippen LogP) is 4.59. The van der Waals surface area contributed by atoms with E-state index in [1.807, 2.05) is 19.2 Å². The van der Waals surface area contributed by atoms with Crippen molar-refractivity contribution in [3.05, 3.63) is 58.2 Å². The van der Waals surface area contributed by atoms with Crippen LogP contribution in [0, 0.1) is 13.8 Å². The van der Waals surface area contributed by atoms with Gasteiger partial charge in [-0.25, -0.2) is 9.78 Å². The third-order valence-corrected chi connectivity index (χ3v) is 6.03. The smallest absolute Gasteiger partial charge is 0.489 e. The third kappa shape index (κ3) is 4.79. The maximum atomic E-state index is 12.7. The lowest BCUT2D eigenvalue weighted by Crippen LogP contribution is -2.14. The number of aromatic amines is 1. The average molecular weight is 482 g/mol. The highest BCUT2D eigenvalue weighted by Gasteiger charge is 2.18. The summed E-state index contributed by atoms with van der Waals surface area (Å²) in [4.78, 5) is 28.6. The highest BCUT2D eigenvalue weighted by molar-refractivity contribution is 7.17. The van der Waals surface area contributed by atoms with Crippen molar-refractivity contribution < 1.29 is 23.8 Å². The van der Waals surface area contributed by atoms with Crippen LogP contribution in [0.25, 0.3) is 10.1 Å². The van der Waals surface area contributed by atoms with Crippen molar-refractivity contribution in [2.24, 2.45) is 0 Å². The molecule has 176 valence electrons. The number of nitrogens with one attached hydrogen (secondary N) is 2. The number of H-pyrrole nitrogens is 1. The second-order valence-corrected chi connectivity index (χ2v) is 8.25. The molecule has 0 aliphatic carbocycles. The number of anilines is 2. The minimum Gasteiger partial charge on any atom is -0.489 e. The summed E-state index contributed by atoms with van der Waals surface area (Å²) >= 11 is 1.36. The monoisotopic (exact) mass is 481 g/mol. The molecule has 10 nitrogen and oxygen atoms in total. The molecule has 4 N–H and O–H groups in total. The molecule has 0 fully saturated rings. The molecule has 4 aromatic rings. The van der Waals surface area contributed by atoms with Gasteiger partial charge in [0, 0.05) is 33.8 Å². The number of ether oxygens (including phenoxy) is 3. The van der Waals surface area contributed by atoms with Crippen LogP contribution in [0.1, 0.15) is 34.1 Å². The lowest BCUT2D eigenvalue weighted by Gasteiger charge is -2.12. The first-order valence-electron chi connectivity index (χ1n) is 10.4. The zero-order valence-electron chi connectivity index (χ0n) is 18.8. The predicted molar refractivity (Wildman–Crippen MR) is 128 cm³/mol. The molecule has 1 aromatic carbocycles. The molecule has 0 bridgehead atoms. The minimum absolute atomic E-state index is 0.180. The van der Waals surface area contributed by atoms with Gasteiger partial charge >= 0.3 is 6.16 Å². The van der Waals surface area contributed by atoms with Gasteiger partial charge in [-0.2, -0.15) is 5.10 Å². The van der Waals surface area contributed by atoms with Crippen LogP contribution >= 0.6 is 11.3 Å². The number of carbonyl (C=O) groups excluding carboxylic acids is 2. The summed E-state index contributed by atoms with van der Waals surface area (Å²) in [6.45, 7) is 5.74. The molecule has 0 unspecified atom stereocenters. The standard InChI is InChI=1S/C23H23N5O5S/c1-4-31-23(30)33-17-9-25-21(24)19-14(11-34-20(17)19)10-32-16-7-5-6-15(13(16)3)22(29)26-18-8-12(2)27-28-18/h5-9,11H,4,10H2,1-3H3,(H2,24,25)(H2,26,27,28,29). The summed E-state index contributed by atoms with van der Waals surface area (Å²) in [6.07, 6.45) is 0.584. The fourth-order valence-corrected chi connectivity index (χ4v) is 4.37. The van der Waals surface area contributed by atoms with Crippen LogP contribution in [-0.4, -0.2) is 33.9 Å². The highest BCUT2D eigenvalue weighted by atomic mass is 32.1. The van der Waals surface area contributed by atoms with Gasteiger partial charge in [0.05, 0.1) is 17.5 Å². The van der Waals surface area contributed by atoms with Gasteiger partial charge < -0.3 is 25.3 Å². The molecule has 4 rings (SSSR count). The minimum atomic E-state index is -0.808. The zero-order valence-corrected chi connectivity index (χ0v) is 19.6. The third-order valence-electron chi connectivity index (χ3n) is 4.98. The van der Waals surface area contributed by atoms with E-state index in [0.29, 0.717) is 38.6 Å². The molecule has 0 saturated carbocycles. The number of aryl methyl sites for hydroxylation is 1. The van der Waals surface area contributed by atoms with Crippen LogP contribution in [0.4, 0.5) is 16.4 Å². The molecule has 0 atom stereocenters. The van der Waals surface area contributed by atoms with E-state index in [2.05, 4.69) is 20.5 Å². The van der Waals surface area contributed by atoms with Gasteiger partial charge in [0.1, 0.15) is 18.2 Å². The van der Waals surface area contributed by atoms with E-state index >= 15 is 0 Å². The number of nitrogens with zero attached hydrogens (tertiary/aromatic N) is 2. The van der Waals surface area contributed by atoms with Crippen molar-refractivity contribution in [3.63, 3.8) is 0 Å². The zero-order chi connectivity index (χ0) is 24.2. The fourth-order valence-electron chi connectivity index (χ4n) is 3.36. The lowest BCUT2D eigenvalue weighted by atomic mass is 10.1. The van der Waals surface area contributed by atoms with Gasteiger partial charge in [-0.3, -0.25) is 9.89 Å². The number of hydrogen-bond acceptors (Lipinski definition) is 9. The summed E-state index contributed by atoms with van der Waals surface area (Å²) in [6, 6.07) is 7.00. The molecule has 3 aromatic heterocycles. The van der Waals surface area contributed by atoms with Gasteiger partial charge in [0.25, 0.3) is 5.91 Å². The number of amides is 1. The van der Waals surface area contributed by atoms with Crippen molar-refractivity contribution in [2.45, 2.75) is 27.4 Å². The molecule has 3 heterocycles. The number of nitrogen functional groups attached to an aromatic ring is 1. The summed E-state index contributed by atoms with van der Waals surface area (Å²) < 4.78 is 16.8. The SMILES string of the molecule is CCOC(=O)Oc1cnc(N)c2c(COc3cccc(C(=O)Nc4cc(C)[nH]n4)c3C)csc12. The van der Waals surface area contributed by atoms with E-state index in [1.165, 1.54) is 17.5 Å². The number of benzene rings is 1. The molecule has 11 heteroatoms. The quantitative estimate of drug-likeness (QED) is 0.326. The Bertz CT molecular complexity index is 1360. The van der Waals surface area contributed by atoms with E-state index in [9.17, 15) is 9.59 Å². The van der Waals surface area contributed by atoms with E-state index < -0.39 is 6.16 Å². The number of fused-ring (bicyclic) bond motifs is 1. The Morgan fingerprint density at radius 3 is 2.79 bits per heavy atom. The maximum Gasteiger partial charge on any atom is 0.513 e. The van der Waals surface area contributed by atoms with E-state index in [-0.39, 0.29) is 24.9 Å². The Morgan fingerprint density at radius 1 is 1.24 bits per heavy atom. The largest absolute Gasteiger partial charge is 0.513 e. The van der Waals surface area contributed by atoms with Gasteiger partial charge in [-0.05, 0) is 38.3 Å². The normalized spacial score (nSPS) is 10.8. The first-order chi connectivity index (χ1) is 16.4. The molecular weight excluding hydrogens is 458 g/mol. The van der Waals surface area contributed by atoms with Gasteiger partial charge in [0.15, 0.2) is 11.6 Å². The van der Waals surface area contributed by atoms with Gasteiger partial charge in [0.2, 0.25) is 0 Å². The number of aromatic nitrogens is 3. The molecule has 0 saturated heterocycles. The maximum absolute atomic E-state index is 12.7. The van der Waals surface area contributed by atoms with Crippen LogP contribution in [0.2, 0.25) is 0 Å². The number of carbonyl (C=O) groups is 2. The van der Waals surface area contributed by atoms with Crippen molar-refractivity contribution >= 4 is 45.1 Å². The molecule has 0 aliphatic heterocycles. The second-order valence-electron chi connectivity index (χ2n) is 7.37. The average Bonchev–Trinajstić information content (AvgIpc) is 3.42. The van der Waals surface area contributed by atoms with Crippen LogP contribution in [0.3, 0.4) is 0 Å². The number of hydrogen-bond donors (Lipinski definition) is 3. The molecule has 34 heavy (non-hydrogen) atoms. The number of rotatable bonds is 7. The molecule has 0 aliphatic rings. The number of pyridine rings is 1. The van der Waals surface area contributed by atoms with Crippen molar-refractivity contribution in [1.29, 1.82) is 0 Å². The molecule has 0 spiro atoms. The Kier molecular flexibility index (Phi) is 6.64. The Hall–Kier alpha value is -4.12. The Morgan fingerprint density at radius 2 is 2.06 bits per heavy atom. The van der Waals surface area contributed by atoms with Crippen molar-refractivity contribution in [2.75, 3.05) is 17.7 Å². The van der Waals surface area contributed by atoms with Crippen LogP contribution in [0.5, 0.6) is 11.5 Å². The molecular formula is C23H23N5O5S. The Labute approximate surface area is 199 Å². The summed E-state index contributed by atoms with van der Waals surface area (Å²) in [5, 5.41) is 12.1. The van der Waals surface area contributed by atoms with E-state index in [0.717, 1.165) is 11.3 Å². The van der Waals surface area contributed by atoms with E-state index in [4.69, 9.17) is 19.9 Å². The number of nitrogens with two attached hydrogens (primary N) is 1. The van der Waals surface area contributed by atoms with E-state index in [1.54, 1.807) is 31.2 Å². The first-order valence-corrected chi connectivity index (χ1v) is 11.3. The fraction of sp³-hybridized carbons (Fsp3) is 0.217. The summed E-state index contributed by atoms with van der Waals surface area (Å²) in [5.74, 6) is 1.27.